The van der Waals surface area contributed by atoms with Crippen LogP contribution in [0.25, 0.3) is 22.6 Å². The number of carboxylic acids is 1. The number of hydrogen-bond donors (Lipinski definition) is 2. The second-order valence-corrected chi connectivity index (χ2v) is 4.48. The van der Waals surface area contributed by atoms with Crippen LogP contribution in [-0.4, -0.2) is 21.2 Å². The SMILES string of the molecule is Cc1cccc(-c2nc3ccc(C(=O)O)cc3o2)c1O. The van der Waals surface area contributed by atoms with E-state index in [-0.39, 0.29) is 17.2 Å². The van der Waals surface area contributed by atoms with Gasteiger partial charge in [-0.15, -0.1) is 0 Å². The molecule has 0 saturated carbocycles. The highest BCUT2D eigenvalue weighted by atomic mass is 16.4. The summed E-state index contributed by atoms with van der Waals surface area (Å²) in [7, 11) is 0. The van der Waals surface area contributed by atoms with Gasteiger partial charge in [0.2, 0.25) is 5.89 Å². The summed E-state index contributed by atoms with van der Waals surface area (Å²) in [5.41, 5.74) is 2.26. The smallest absolute Gasteiger partial charge is 0.335 e. The lowest BCUT2D eigenvalue weighted by molar-refractivity contribution is 0.0697. The van der Waals surface area contributed by atoms with Crippen LogP contribution < -0.4 is 0 Å². The Morgan fingerprint density at radius 1 is 1.25 bits per heavy atom. The second-order valence-electron chi connectivity index (χ2n) is 4.48. The molecule has 3 aromatic rings. The van der Waals surface area contributed by atoms with Crippen molar-refractivity contribution in [3.05, 3.63) is 47.5 Å². The maximum absolute atomic E-state index is 10.9. The predicted molar refractivity (Wildman–Crippen MR) is 72.8 cm³/mol. The molecule has 0 atom stereocenters. The summed E-state index contributed by atoms with van der Waals surface area (Å²) in [5, 5.41) is 19.0. The van der Waals surface area contributed by atoms with E-state index in [0.29, 0.717) is 16.7 Å². The van der Waals surface area contributed by atoms with Gasteiger partial charge in [-0.3, -0.25) is 0 Å². The van der Waals surface area contributed by atoms with E-state index in [9.17, 15) is 9.90 Å². The molecule has 1 heterocycles. The van der Waals surface area contributed by atoms with E-state index in [1.54, 1.807) is 31.2 Å². The summed E-state index contributed by atoms with van der Waals surface area (Å²) < 4.78 is 5.55. The Balaban J connectivity index is 2.18. The normalized spacial score (nSPS) is 10.8. The number of fused-ring (bicyclic) bond motifs is 1. The summed E-state index contributed by atoms with van der Waals surface area (Å²) in [4.78, 5) is 15.2. The van der Waals surface area contributed by atoms with Gasteiger partial charge in [0.15, 0.2) is 5.58 Å². The molecule has 3 rings (SSSR count). The lowest BCUT2D eigenvalue weighted by Crippen LogP contribution is -1.94. The minimum Gasteiger partial charge on any atom is -0.507 e. The van der Waals surface area contributed by atoms with Crippen LogP contribution in [-0.2, 0) is 0 Å². The Kier molecular flexibility index (Phi) is 2.68. The van der Waals surface area contributed by atoms with Crippen LogP contribution in [0, 0.1) is 6.92 Å². The average molecular weight is 269 g/mol. The van der Waals surface area contributed by atoms with Gasteiger partial charge in [-0.2, -0.15) is 0 Å². The van der Waals surface area contributed by atoms with Gasteiger partial charge in [-0.25, -0.2) is 9.78 Å². The van der Waals surface area contributed by atoms with Gasteiger partial charge in [-0.05, 0) is 36.8 Å². The van der Waals surface area contributed by atoms with Crippen LogP contribution in [0.5, 0.6) is 5.75 Å². The van der Waals surface area contributed by atoms with Crippen LogP contribution >= 0.6 is 0 Å². The number of phenolic OH excluding ortho intramolecular Hbond substituents is 1. The number of carbonyl (C=O) groups is 1. The number of para-hydroxylation sites is 1. The standard InChI is InChI=1S/C15H11NO4/c1-8-3-2-4-10(13(8)17)14-16-11-6-5-9(15(18)19)7-12(11)20-14/h2-7,17H,1H3,(H,18,19). The first-order chi connectivity index (χ1) is 9.56. The number of carboxylic acid groups (broad SMARTS) is 1. The van der Waals surface area contributed by atoms with E-state index in [2.05, 4.69) is 4.98 Å². The first-order valence-electron chi connectivity index (χ1n) is 5.99. The molecule has 0 radical (unpaired) electrons. The Bertz CT molecular complexity index is 820. The Morgan fingerprint density at radius 2 is 2.05 bits per heavy atom. The van der Waals surface area contributed by atoms with E-state index in [4.69, 9.17) is 9.52 Å². The molecule has 100 valence electrons. The summed E-state index contributed by atoms with van der Waals surface area (Å²) in [6.07, 6.45) is 0. The van der Waals surface area contributed by atoms with Crippen molar-refractivity contribution >= 4 is 17.1 Å². The third kappa shape index (κ3) is 1.89. The van der Waals surface area contributed by atoms with E-state index >= 15 is 0 Å². The van der Waals surface area contributed by atoms with Crippen molar-refractivity contribution in [2.75, 3.05) is 0 Å². The molecule has 0 aliphatic carbocycles. The highest BCUT2D eigenvalue weighted by Gasteiger charge is 2.14. The van der Waals surface area contributed by atoms with Crippen LogP contribution in [0.3, 0.4) is 0 Å². The number of oxazole rings is 1. The van der Waals surface area contributed by atoms with Crippen molar-refractivity contribution in [1.29, 1.82) is 0 Å². The molecule has 1 aromatic heterocycles. The van der Waals surface area contributed by atoms with Crippen molar-refractivity contribution in [3.8, 4) is 17.2 Å². The Hall–Kier alpha value is -2.82. The molecular weight excluding hydrogens is 258 g/mol. The molecule has 0 amide bonds. The fraction of sp³-hybridized carbons (Fsp3) is 0.0667. The molecule has 0 fully saturated rings. The number of nitrogens with zero attached hydrogens (tertiary/aromatic N) is 1. The summed E-state index contributed by atoms with van der Waals surface area (Å²) in [5.74, 6) is -0.649. The molecule has 2 aromatic carbocycles. The van der Waals surface area contributed by atoms with Gasteiger partial charge in [0, 0.05) is 0 Å². The molecule has 0 aliphatic heterocycles. The van der Waals surface area contributed by atoms with Crippen LogP contribution in [0.4, 0.5) is 0 Å². The highest BCUT2D eigenvalue weighted by Crippen LogP contribution is 2.33. The molecule has 0 aliphatic rings. The number of benzene rings is 2. The van der Waals surface area contributed by atoms with Crippen LogP contribution in [0.15, 0.2) is 40.8 Å². The zero-order valence-electron chi connectivity index (χ0n) is 10.6. The summed E-state index contributed by atoms with van der Waals surface area (Å²) in [6, 6.07) is 9.74. The predicted octanol–water partition coefficient (Wildman–Crippen LogP) is 3.21. The fourth-order valence-corrected chi connectivity index (χ4v) is 2.00. The topological polar surface area (TPSA) is 83.6 Å². The van der Waals surface area contributed by atoms with Gasteiger partial charge in [0.25, 0.3) is 0 Å². The van der Waals surface area contributed by atoms with Gasteiger partial charge < -0.3 is 14.6 Å². The molecular formula is C15H11NO4. The van der Waals surface area contributed by atoms with E-state index in [1.807, 2.05) is 0 Å². The first kappa shape index (κ1) is 12.2. The maximum atomic E-state index is 10.9. The zero-order valence-corrected chi connectivity index (χ0v) is 10.6. The molecule has 0 spiro atoms. The number of aromatic nitrogens is 1. The number of aromatic carboxylic acids is 1. The third-order valence-corrected chi connectivity index (χ3v) is 3.10. The maximum Gasteiger partial charge on any atom is 0.335 e. The summed E-state index contributed by atoms with van der Waals surface area (Å²) >= 11 is 0. The first-order valence-corrected chi connectivity index (χ1v) is 5.99. The van der Waals surface area contributed by atoms with Crippen molar-refractivity contribution in [3.63, 3.8) is 0 Å². The average Bonchev–Trinajstić information content (AvgIpc) is 2.84. The number of aryl methyl sites for hydroxylation is 1. The lowest BCUT2D eigenvalue weighted by atomic mass is 10.1. The molecule has 20 heavy (non-hydrogen) atoms. The molecule has 0 unspecified atom stereocenters. The monoisotopic (exact) mass is 269 g/mol. The summed E-state index contributed by atoms with van der Waals surface area (Å²) in [6.45, 7) is 1.78. The molecule has 2 N–H and O–H groups in total. The van der Waals surface area contributed by atoms with E-state index < -0.39 is 5.97 Å². The fourth-order valence-electron chi connectivity index (χ4n) is 2.00. The number of aromatic hydroxyl groups is 1. The Labute approximate surface area is 114 Å². The van der Waals surface area contributed by atoms with E-state index in [0.717, 1.165) is 5.56 Å². The number of hydrogen-bond acceptors (Lipinski definition) is 4. The molecule has 0 bridgehead atoms. The Morgan fingerprint density at radius 3 is 2.80 bits per heavy atom. The van der Waals surface area contributed by atoms with Gasteiger partial charge in [0.05, 0.1) is 11.1 Å². The van der Waals surface area contributed by atoms with Gasteiger partial charge >= 0.3 is 5.97 Å². The third-order valence-electron chi connectivity index (χ3n) is 3.10. The van der Waals surface area contributed by atoms with Crippen LogP contribution in [0.1, 0.15) is 15.9 Å². The molecule has 5 nitrogen and oxygen atoms in total. The molecule has 0 saturated heterocycles. The van der Waals surface area contributed by atoms with E-state index in [1.165, 1.54) is 12.1 Å². The van der Waals surface area contributed by atoms with Gasteiger partial charge in [0.1, 0.15) is 11.3 Å². The number of phenols is 1. The van der Waals surface area contributed by atoms with Crippen molar-refractivity contribution in [1.82, 2.24) is 4.98 Å². The lowest BCUT2D eigenvalue weighted by Gasteiger charge is -2.02. The van der Waals surface area contributed by atoms with Gasteiger partial charge in [-0.1, -0.05) is 12.1 Å². The van der Waals surface area contributed by atoms with Crippen molar-refractivity contribution in [2.24, 2.45) is 0 Å². The minimum absolute atomic E-state index is 0.109. The van der Waals surface area contributed by atoms with Crippen LogP contribution in [0.2, 0.25) is 0 Å². The number of rotatable bonds is 2. The highest BCUT2D eigenvalue weighted by molar-refractivity contribution is 5.92. The quantitative estimate of drug-likeness (QED) is 0.746. The molecule has 5 heteroatoms. The van der Waals surface area contributed by atoms with Crippen molar-refractivity contribution < 1.29 is 19.4 Å². The second kappa shape index (κ2) is 4.38. The zero-order chi connectivity index (χ0) is 14.3. The largest absolute Gasteiger partial charge is 0.507 e. The minimum atomic E-state index is -1.02. The van der Waals surface area contributed by atoms with Crippen molar-refractivity contribution in [2.45, 2.75) is 6.92 Å².